The maximum Gasteiger partial charge on any atom is 0.329 e. The number of benzene rings is 3. The molecule has 0 radical (unpaired) electrons. The van der Waals surface area contributed by atoms with Gasteiger partial charge in [-0.3, -0.25) is 9.59 Å². The molecule has 180 valence electrons. The van der Waals surface area contributed by atoms with Gasteiger partial charge in [-0.05, 0) is 53.9 Å². The molecule has 2 N–H and O–H groups in total. The molecule has 0 saturated heterocycles. The number of amides is 2. The van der Waals surface area contributed by atoms with Gasteiger partial charge >= 0.3 is 11.8 Å². The highest BCUT2D eigenvalue weighted by Gasteiger charge is 2.15. The molecule has 0 spiro atoms. The largest absolute Gasteiger partial charge is 0.490 e. The number of nitrogens with one attached hydrogen (secondary N) is 2. The van der Waals surface area contributed by atoms with Crippen LogP contribution in [0, 0.1) is 0 Å². The molecule has 1 heterocycles. The smallest absolute Gasteiger partial charge is 0.329 e. The van der Waals surface area contributed by atoms with Crippen molar-refractivity contribution in [3.05, 3.63) is 83.4 Å². The topological polar surface area (TPSA) is 107 Å². The Bertz CT molecular complexity index is 1210. The zero-order chi connectivity index (χ0) is 24.5. The van der Waals surface area contributed by atoms with Crippen LogP contribution in [0.3, 0.4) is 0 Å². The molecule has 0 atom stereocenters. The first-order valence-corrected chi connectivity index (χ1v) is 11.1. The third-order valence-corrected chi connectivity index (χ3v) is 4.98. The van der Waals surface area contributed by atoms with Crippen molar-refractivity contribution in [1.29, 1.82) is 0 Å². The minimum absolute atomic E-state index is 0.161. The van der Waals surface area contributed by atoms with E-state index in [0.29, 0.717) is 41.8 Å². The van der Waals surface area contributed by atoms with Gasteiger partial charge in [0.25, 0.3) is 0 Å². The van der Waals surface area contributed by atoms with E-state index < -0.39 is 11.8 Å². The summed E-state index contributed by atoms with van der Waals surface area (Å²) in [7, 11) is 0. The van der Waals surface area contributed by atoms with Crippen molar-refractivity contribution in [2.24, 2.45) is 5.10 Å². The first-order chi connectivity index (χ1) is 17.1. The molecule has 0 saturated carbocycles. The fourth-order valence-electron chi connectivity index (χ4n) is 3.26. The number of carbonyl (C=O) groups excluding carboxylic acids is 2. The first-order valence-electron chi connectivity index (χ1n) is 11.1. The highest BCUT2D eigenvalue weighted by atomic mass is 16.7. The molecule has 35 heavy (non-hydrogen) atoms. The number of fused-ring (bicyclic) bond motifs is 1. The van der Waals surface area contributed by atoms with Crippen LogP contribution in [-0.2, 0) is 22.7 Å². The Kier molecular flexibility index (Phi) is 7.80. The van der Waals surface area contributed by atoms with Crippen molar-refractivity contribution >= 4 is 18.0 Å². The van der Waals surface area contributed by atoms with Crippen LogP contribution in [0.2, 0.25) is 0 Å². The minimum Gasteiger partial charge on any atom is -0.490 e. The predicted octanol–water partition coefficient (Wildman–Crippen LogP) is 3.16. The van der Waals surface area contributed by atoms with Gasteiger partial charge in [-0.25, -0.2) is 5.43 Å². The molecular weight excluding hydrogens is 450 g/mol. The zero-order valence-electron chi connectivity index (χ0n) is 19.2. The molecule has 0 aliphatic carbocycles. The third-order valence-electron chi connectivity index (χ3n) is 4.98. The van der Waals surface area contributed by atoms with E-state index in [9.17, 15) is 9.59 Å². The van der Waals surface area contributed by atoms with Crippen molar-refractivity contribution < 1.29 is 28.5 Å². The summed E-state index contributed by atoms with van der Waals surface area (Å²) in [5, 5.41) is 6.41. The molecule has 0 unspecified atom stereocenters. The molecular formula is C26H25N3O6. The summed E-state index contributed by atoms with van der Waals surface area (Å²) in [6.07, 6.45) is 1.42. The Morgan fingerprint density at radius 1 is 0.914 bits per heavy atom. The number of carbonyl (C=O) groups is 2. The number of ether oxygens (including phenoxy) is 4. The van der Waals surface area contributed by atoms with Gasteiger partial charge in [0.15, 0.2) is 23.0 Å². The average Bonchev–Trinajstić information content (AvgIpc) is 3.35. The zero-order valence-corrected chi connectivity index (χ0v) is 19.2. The van der Waals surface area contributed by atoms with Gasteiger partial charge in [0.2, 0.25) is 6.79 Å². The fraction of sp³-hybridized carbons (Fsp3) is 0.192. The second-order valence-corrected chi connectivity index (χ2v) is 7.48. The van der Waals surface area contributed by atoms with Crippen LogP contribution in [0.5, 0.6) is 23.0 Å². The standard InChI is InChI=1S/C26H25N3O6/c1-2-32-23-13-20(9-10-21(23)33-16-18-6-4-3-5-7-18)15-28-29-26(31)25(30)27-14-19-8-11-22-24(12-19)35-17-34-22/h3-13,15H,2,14,16-17H2,1H3,(H,27,30)(H,29,31)/b28-15-. The molecule has 4 rings (SSSR count). The number of hydrazone groups is 1. The second kappa shape index (κ2) is 11.6. The molecule has 1 aliphatic rings. The lowest BCUT2D eigenvalue weighted by molar-refractivity contribution is -0.139. The number of nitrogens with zero attached hydrogens (tertiary/aromatic N) is 1. The fourth-order valence-corrected chi connectivity index (χ4v) is 3.26. The van der Waals surface area contributed by atoms with Crippen LogP contribution >= 0.6 is 0 Å². The van der Waals surface area contributed by atoms with E-state index in [2.05, 4.69) is 15.8 Å². The Balaban J connectivity index is 1.29. The minimum atomic E-state index is -0.880. The lowest BCUT2D eigenvalue weighted by Crippen LogP contribution is -2.37. The van der Waals surface area contributed by atoms with Gasteiger partial charge in [-0.15, -0.1) is 0 Å². The molecule has 0 fully saturated rings. The highest BCUT2D eigenvalue weighted by Crippen LogP contribution is 2.32. The lowest BCUT2D eigenvalue weighted by Gasteiger charge is -2.12. The number of rotatable bonds is 9. The third kappa shape index (κ3) is 6.50. The van der Waals surface area contributed by atoms with Crippen LogP contribution in [0.15, 0.2) is 71.8 Å². The summed E-state index contributed by atoms with van der Waals surface area (Å²) in [5.41, 5.74) is 4.71. The van der Waals surface area contributed by atoms with Gasteiger partial charge in [-0.1, -0.05) is 36.4 Å². The summed E-state index contributed by atoms with van der Waals surface area (Å²) in [6.45, 7) is 3.08. The van der Waals surface area contributed by atoms with Crippen LogP contribution in [0.4, 0.5) is 0 Å². The number of hydrogen-bond acceptors (Lipinski definition) is 7. The van der Waals surface area contributed by atoms with Crippen molar-refractivity contribution in [1.82, 2.24) is 10.7 Å². The SMILES string of the molecule is CCOc1cc(/C=N\NC(=O)C(=O)NCc2ccc3c(c2)OCO3)ccc1OCc1ccccc1. The first kappa shape index (κ1) is 23.6. The monoisotopic (exact) mass is 475 g/mol. The summed E-state index contributed by atoms with van der Waals surface area (Å²) in [4.78, 5) is 24.1. The van der Waals surface area contributed by atoms with Gasteiger partial charge < -0.3 is 24.3 Å². The van der Waals surface area contributed by atoms with E-state index in [1.807, 2.05) is 37.3 Å². The van der Waals surface area contributed by atoms with Crippen LogP contribution in [0.1, 0.15) is 23.6 Å². The quantitative estimate of drug-likeness (QED) is 0.280. The number of hydrogen-bond donors (Lipinski definition) is 2. The van der Waals surface area contributed by atoms with Crippen molar-refractivity contribution in [3.63, 3.8) is 0 Å². The van der Waals surface area contributed by atoms with Crippen LogP contribution in [-0.4, -0.2) is 31.4 Å². The maximum absolute atomic E-state index is 12.1. The maximum atomic E-state index is 12.1. The van der Waals surface area contributed by atoms with E-state index in [1.54, 1.807) is 36.4 Å². The summed E-state index contributed by atoms with van der Waals surface area (Å²) < 4.78 is 22.1. The predicted molar refractivity (Wildman–Crippen MR) is 129 cm³/mol. The van der Waals surface area contributed by atoms with Crippen LogP contribution in [0.25, 0.3) is 0 Å². The Morgan fingerprint density at radius 2 is 1.74 bits per heavy atom. The molecule has 1 aliphatic heterocycles. The molecule has 3 aromatic carbocycles. The van der Waals surface area contributed by atoms with Gasteiger partial charge in [0.05, 0.1) is 12.8 Å². The van der Waals surface area contributed by atoms with E-state index in [1.165, 1.54) is 6.21 Å². The lowest BCUT2D eigenvalue weighted by atomic mass is 10.2. The normalized spacial score (nSPS) is 11.8. The molecule has 9 nitrogen and oxygen atoms in total. The summed E-state index contributed by atoms with van der Waals surface area (Å²) >= 11 is 0. The molecule has 9 heteroatoms. The van der Waals surface area contributed by atoms with Crippen molar-refractivity contribution in [2.45, 2.75) is 20.1 Å². The summed E-state index contributed by atoms with van der Waals surface area (Å²) in [5.74, 6) is 0.721. The Hall–Kier alpha value is -4.53. The molecule has 0 aromatic heterocycles. The van der Waals surface area contributed by atoms with E-state index in [-0.39, 0.29) is 13.3 Å². The van der Waals surface area contributed by atoms with Crippen molar-refractivity contribution in [2.75, 3.05) is 13.4 Å². The summed E-state index contributed by atoms with van der Waals surface area (Å²) in [6, 6.07) is 20.4. The highest BCUT2D eigenvalue weighted by molar-refractivity contribution is 6.35. The average molecular weight is 476 g/mol. The molecule has 3 aromatic rings. The van der Waals surface area contributed by atoms with E-state index in [0.717, 1.165) is 11.1 Å². The Morgan fingerprint density at radius 3 is 2.57 bits per heavy atom. The molecule has 0 bridgehead atoms. The molecule has 2 amide bonds. The second-order valence-electron chi connectivity index (χ2n) is 7.48. The van der Waals surface area contributed by atoms with E-state index in [4.69, 9.17) is 18.9 Å². The van der Waals surface area contributed by atoms with Gasteiger partial charge in [0.1, 0.15) is 6.61 Å². The van der Waals surface area contributed by atoms with E-state index >= 15 is 0 Å². The van der Waals surface area contributed by atoms with Crippen LogP contribution < -0.4 is 29.7 Å². The van der Waals surface area contributed by atoms with Gasteiger partial charge in [-0.2, -0.15) is 5.10 Å². The van der Waals surface area contributed by atoms with Gasteiger partial charge in [0, 0.05) is 6.54 Å². The van der Waals surface area contributed by atoms with Crippen molar-refractivity contribution in [3.8, 4) is 23.0 Å². The Labute approximate surface area is 202 Å².